The van der Waals surface area contributed by atoms with Gasteiger partial charge in [-0.3, -0.25) is 16.3 Å². The Balaban J connectivity index is 1.82. The van der Waals surface area contributed by atoms with Crippen LogP contribution in [0, 0.1) is 5.92 Å². The molecule has 0 aliphatic carbocycles. The highest BCUT2D eigenvalue weighted by Gasteiger charge is 2.22. The van der Waals surface area contributed by atoms with Crippen molar-refractivity contribution in [1.82, 2.24) is 10.4 Å². The van der Waals surface area contributed by atoms with Crippen LogP contribution in [0.3, 0.4) is 0 Å². The van der Waals surface area contributed by atoms with Gasteiger partial charge in [0.2, 0.25) is 0 Å². The van der Waals surface area contributed by atoms with Gasteiger partial charge in [0.1, 0.15) is 0 Å². The Morgan fingerprint density at radius 3 is 2.94 bits per heavy atom. The fraction of sp³-hybridized carbons (Fsp3) is 0.615. The van der Waals surface area contributed by atoms with E-state index in [1.54, 1.807) is 0 Å². The van der Waals surface area contributed by atoms with Gasteiger partial charge in [-0.05, 0) is 49.3 Å². The molecule has 0 aromatic carbocycles. The monoisotopic (exact) mass is 235 g/mol. The lowest BCUT2D eigenvalue weighted by atomic mass is 9.90. The first-order valence-corrected chi connectivity index (χ1v) is 6.33. The summed E-state index contributed by atoms with van der Waals surface area (Å²) in [5.41, 5.74) is 4.26. The van der Waals surface area contributed by atoms with Gasteiger partial charge in [-0.2, -0.15) is 0 Å². The van der Waals surface area contributed by atoms with Crippen molar-refractivity contribution in [1.29, 1.82) is 0 Å². The van der Waals surface area contributed by atoms with Gasteiger partial charge in [0.05, 0.1) is 6.61 Å². The van der Waals surface area contributed by atoms with Crippen molar-refractivity contribution in [2.24, 2.45) is 11.8 Å². The Labute approximate surface area is 103 Å². The van der Waals surface area contributed by atoms with Crippen LogP contribution in [0.5, 0.6) is 0 Å². The zero-order valence-corrected chi connectivity index (χ0v) is 10.1. The average molecular weight is 235 g/mol. The van der Waals surface area contributed by atoms with E-state index in [0.29, 0.717) is 12.0 Å². The Kier molecular flexibility index (Phi) is 4.91. The topological polar surface area (TPSA) is 60.2 Å². The molecule has 2 atom stereocenters. The minimum Gasteiger partial charge on any atom is -0.381 e. The quantitative estimate of drug-likeness (QED) is 0.596. The number of ether oxygens (including phenoxy) is 1. The number of rotatable bonds is 5. The van der Waals surface area contributed by atoms with Crippen LogP contribution in [0.1, 0.15) is 24.8 Å². The zero-order chi connectivity index (χ0) is 11.9. The molecule has 1 aliphatic rings. The Hall–Kier alpha value is -0.970. The predicted octanol–water partition coefficient (Wildman–Crippen LogP) is 1.27. The zero-order valence-electron chi connectivity index (χ0n) is 10.1. The lowest BCUT2D eigenvalue weighted by Crippen LogP contribution is -2.44. The molecule has 3 N–H and O–H groups in total. The van der Waals surface area contributed by atoms with E-state index in [1.165, 1.54) is 12.0 Å². The van der Waals surface area contributed by atoms with Crippen molar-refractivity contribution >= 4 is 0 Å². The van der Waals surface area contributed by atoms with E-state index in [4.69, 9.17) is 10.6 Å². The molecule has 0 radical (unpaired) electrons. The predicted molar refractivity (Wildman–Crippen MR) is 67.2 cm³/mol. The molecule has 1 fully saturated rings. The molecular weight excluding hydrogens is 214 g/mol. The summed E-state index contributed by atoms with van der Waals surface area (Å²) in [5.74, 6) is 6.20. The van der Waals surface area contributed by atoms with Crippen LogP contribution in [-0.2, 0) is 11.2 Å². The van der Waals surface area contributed by atoms with Crippen LogP contribution in [0.15, 0.2) is 24.5 Å². The second-order valence-corrected chi connectivity index (χ2v) is 4.64. The second-order valence-electron chi connectivity index (χ2n) is 4.64. The fourth-order valence-electron chi connectivity index (χ4n) is 2.41. The molecule has 0 amide bonds. The van der Waals surface area contributed by atoms with Crippen LogP contribution in [0.25, 0.3) is 0 Å². The maximum absolute atomic E-state index is 5.65. The minimum atomic E-state index is 0.350. The smallest absolute Gasteiger partial charge is 0.0509 e. The van der Waals surface area contributed by atoms with Gasteiger partial charge in [0.25, 0.3) is 0 Å². The number of aryl methyl sites for hydroxylation is 1. The standard InChI is InChI=1S/C13H21N3O/c14-16-13(12-2-1-9-17-10-12)4-3-11-5-7-15-8-6-11/h5-8,12-13,16H,1-4,9-10,14H2. The molecule has 2 rings (SSSR count). The molecule has 0 spiro atoms. The van der Waals surface area contributed by atoms with E-state index in [9.17, 15) is 0 Å². The molecule has 0 bridgehead atoms. The van der Waals surface area contributed by atoms with E-state index in [0.717, 1.165) is 32.5 Å². The van der Waals surface area contributed by atoms with Gasteiger partial charge < -0.3 is 4.74 Å². The maximum Gasteiger partial charge on any atom is 0.0509 e. The van der Waals surface area contributed by atoms with Gasteiger partial charge >= 0.3 is 0 Å². The molecule has 1 aromatic heterocycles. The van der Waals surface area contributed by atoms with Crippen molar-refractivity contribution < 1.29 is 4.74 Å². The lowest BCUT2D eigenvalue weighted by molar-refractivity contribution is 0.0380. The number of nitrogens with one attached hydrogen (secondary N) is 1. The molecule has 2 unspecified atom stereocenters. The first-order chi connectivity index (χ1) is 8.40. The van der Waals surface area contributed by atoms with Gasteiger partial charge in [-0.15, -0.1) is 0 Å². The third-order valence-corrected chi connectivity index (χ3v) is 3.47. The summed E-state index contributed by atoms with van der Waals surface area (Å²) < 4.78 is 5.51. The van der Waals surface area contributed by atoms with Crippen molar-refractivity contribution in [3.05, 3.63) is 30.1 Å². The van der Waals surface area contributed by atoms with Gasteiger partial charge in [-0.1, -0.05) is 0 Å². The summed E-state index contributed by atoms with van der Waals surface area (Å²) in [7, 11) is 0. The van der Waals surface area contributed by atoms with E-state index in [2.05, 4.69) is 22.5 Å². The number of hydrogen-bond donors (Lipinski definition) is 2. The van der Waals surface area contributed by atoms with Crippen LogP contribution < -0.4 is 11.3 Å². The van der Waals surface area contributed by atoms with Gasteiger partial charge in [0.15, 0.2) is 0 Å². The molecule has 17 heavy (non-hydrogen) atoms. The highest BCUT2D eigenvalue weighted by Crippen LogP contribution is 2.20. The van der Waals surface area contributed by atoms with Gasteiger partial charge in [0, 0.05) is 25.0 Å². The number of aromatic nitrogens is 1. The van der Waals surface area contributed by atoms with E-state index in [-0.39, 0.29) is 0 Å². The third-order valence-electron chi connectivity index (χ3n) is 3.47. The van der Waals surface area contributed by atoms with Crippen LogP contribution in [0.2, 0.25) is 0 Å². The fourth-order valence-corrected chi connectivity index (χ4v) is 2.41. The SMILES string of the molecule is NNC(CCc1ccncc1)C1CCCOC1. The second kappa shape index (κ2) is 6.69. The minimum absolute atomic E-state index is 0.350. The first kappa shape index (κ1) is 12.5. The average Bonchev–Trinajstić information content (AvgIpc) is 2.42. The molecule has 4 nitrogen and oxygen atoms in total. The molecule has 1 aliphatic heterocycles. The Morgan fingerprint density at radius 1 is 1.47 bits per heavy atom. The molecule has 94 valence electrons. The number of hydrazine groups is 1. The molecule has 0 saturated carbocycles. The number of nitrogens with zero attached hydrogens (tertiary/aromatic N) is 1. The van der Waals surface area contributed by atoms with Gasteiger partial charge in [-0.25, -0.2) is 0 Å². The summed E-state index contributed by atoms with van der Waals surface area (Å²) in [6.07, 6.45) is 8.12. The normalized spacial score (nSPS) is 22.3. The van der Waals surface area contributed by atoms with E-state index < -0.39 is 0 Å². The summed E-state index contributed by atoms with van der Waals surface area (Å²) >= 11 is 0. The van der Waals surface area contributed by atoms with Crippen molar-refractivity contribution in [2.45, 2.75) is 31.7 Å². The van der Waals surface area contributed by atoms with E-state index in [1.807, 2.05) is 12.4 Å². The van der Waals surface area contributed by atoms with Crippen molar-refractivity contribution in [3.8, 4) is 0 Å². The highest BCUT2D eigenvalue weighted by atomic mass is 16.5. The highest BCUT2D eigenvalue weighted by molar-refractivity contribution is 5.09. The van der Waals surface area contributed by atoms with Crippen LogP contribution >= 0.6 is 0 Å². The Bertz CT molecular complexity index is 312. The molecule has 1 aromatic rings. The molecule has 4 heteroatoms. The number of pyridine rings is 1. The summed E-state index contributed by atoms with van der Waals surface area (Å²) in [6, 6.07) is 4.47. The van der Waals surface area contributed by atoms with Crippen LogP contribution in [0.4, 0.5) is 0 Å². The summed E-state index contributed by atoms with van der Waals surface area (Å²) in [6.45, 7) is 1.74. The summed E-state index contributed by atoms with van der Waals surface area (Å²) in [4.78, 5) is 4.02. The first-order valence-electron chi connectivity index (χ1n) is 6.33. The van der Waals surface area contributed by atoms with E-state index >= 15 is 0 Å². The summed E-state index contributed by atoms with van der Waals surface area (Å²) in [5, 5.41) is 0. The van der Waals surface area contributed by atoms with Crippen molar-refractivity contribution in [2.75, 3.05) is 13.2 Å². The van der Waals surface area contributed by atoms with Crippen LogP contribution in [-0.4, -0.2) is 24.2 Å². The van der Waals surface area contributed by atoms with Crippen molar-refractivity contribution in [3.63, 3.8) is 0 Å². The lowest BCUT2D eigenvalue weighted by Gasteiger charge is -2.29. The number of nitrogens with two attached hydrogens (primary N) is 1. The molecule has 2 heterocycles. The Morgan fingerprint density at radius 2 is 2.29 bits per heavy atom. The number of hydrogen-bond acceptors (Lipinski definition) is 4. The molecular formula is C13H21N3O. The molecule has 1 saturated heterocycles. The maximum atomic E-state index is 5.65. The largest absolute Gasteiger partial charge is 0.381 e. The third kappa shape index (κ3) is 3.77.